The lowest BCUT2D eigenvalue weighted by atomic mass is 9.98. The Hall–Kier alpha value is -1.15. The highest BCUT2D eigenvalue weighted by molar-refractivity contribution is 5.85. The zero-order valence-electron chi connectivity index (χ0n) is 10.3. The highest BCUT2D eigenvalue weighted by atomic mass is 16.1. The second-order valence-corrected chi connectivity index (χ2v) is 5.46. The average molecular weight is 229 g/mol. The van der Waals surface area contributed by atoms with Gasteiger partial charge >= 0.3 is 0 Å². The third-order valence-corrected chi connectivity index (χ3v) is 4.34. The molecule has 2 fully saturated rings. The topological polar surface area (TPSA) is 20.3 Å². The molecule has 3 atom stereocenters. The van der Waals surface area contributed by atoms with Gasteiger partial charge in [0.25, 0.3) is 0 Å². The number of hydrogen-bond donors (Lipinski definition) is 0. The van der Waals surface area contributed by atoms with Gasteiger partial charge in [0, 0.05) is 19.0 Å². The molecule has 2 saturated heterocycles. The first kappa shape index (κ1) is 11.0. The van der Waals surface area contributed by atoms with Gasteiger partial charge in [-0.2, -0.15) is 0 Å². The molecule has 0 unspecified atom stereocenters. The Labute approximate surface area is 103 Å². The van der Waals surface area contributed by atoms with E-state index >= 15 is 0 Å². The van der Waals surface area contributed by atoms with Crippen LogP contribution in [-0.4, -0.2) is 22.8 Å². The summed E-state index contributed by atoms with van der Waals surface area (Å²) in [6, 6.07) is 11.3. The Morgan fingerprint density at radius 1 is 1.29 bits per heavy atom. The van der Waals surface area contributed by atoms with Crippen molar-refractivity contribution in [3.63, 3.8) is 0 Å². The molecule has 1 aromatic rings. The van der Waals surface area contributed by atoms with E-state index in [1.807, 2.05) is 6.07 Å². The van der Waals surface area contributed by atoms with Gasteiger partial charge in [0.1, 0.15) is 5.78 Å². The van der Waals surface area contributed by atoms with Gasteiger partial charge in [0.2, 0.25) is 0 Å². The van der Waals surface area contributed by atoms with Gasteiger partial charge in [-0.25, -0.2) is 0 Å². The van der Waals surface area contributed by atoms with E-state index in [4.69, 9.17) is 0 Å². The van der Waals surface area contributed by atoms with E-state index in [1.54, 1.807) is 0 Å². The summed E-state index contributed by atoms with van der Waals surface area (Å²) in [7, 11) is 0. The first-order valence-electron chi connectivity index (χ1n) is 6.58. The third kappa shape index (κ3) is 1.91. The Morgan fingerprint density at radius 3 is 2.82 bits per heavy atom. The van der Waals surface area contributed by atoms with Gasteiger partial charge in [-0.3, -0.25) is 9.69 Å². The lowest BCUT2D eigenvalue weighted by Crippen LogP contribution is -2.45. The van der Waals surface area contributed by atoms with Crippen molar-refractivity contribution in [2.24, 2.45) is 5.92 Å². The van der Waals surface area contributed by atoms with Crippen molar-refractivity contribution in [1.29, 1.82) is 0 Å². The molecular weight excluding hydrogens is 210 g/mol. The molecule has 0 spiro atoms. The standard InChI is InChI=1S/C15H19NO/c1-11-9-14-15(17)8-7-13(11)16(14)10-12-5-3-2-4-6-12/h2-6,11,13-14H,7-10H2,1H3/t11-,13-,14-/m1/s1. The Kier molecular flexibility index (Phi) is 2.75. The van der Waals surface area contributed by atoms with Gasteiger partial charge < -0.3 is 0 Å². The number of Topliss-reactive ketones (excluding diaryl/α,β-unsaturated/α-hetero) is 1. The fourth-order valence-corrected chi connectivity index (χ4v) is 3.45. The maximum absolute atomic E-state index is 12.0. The molecule has 1 aromatic carbocycles. The van der Waals surface area contributed by atoms with Gasteiger partial charge in [-0.15, -0.1) is 0 Å². The molecule has 2 nitrogen and oxygen atoms in total. The second-order valence-electron chi connectivity index (χ2n) is 5.46. The fourth-order valence-electron chi connectivity index (χ4n) is 3.45. The molecule has 0 aliphatic carbocycles. The van der Waals surface area contributed by atoms with Crippen molar-refractivity contribution in [1.82, 2.24) is 4.90 Å². The largest absolute Gasteiger partial charge is 0.298 e. The van der Waals surface area contributed by atoms with Crippen LogP contribution in [0.3, 0.4) is 0 Å². The second kappa shape index (κ2) is 4.26. The maximum atomic E-state index is 12.0. The van der Waals surface area contributed by atoms with Crippen LogP contribution in [0.25, 0.3) is 0 Å². The number of fused-ring (bicyclic) bond motifs is 2. The predicted molar refractivity (Wildman–Crippen MR) is 67.6 cm³/mol. The lowest BCUT2D eigenvalue weighted by molar-refractivity contribution is -0.126. The molecule has 2 bridgehead atoms. The van der Waals surface area contributed by atoms with Crippen LogP contribution in [0, 0.1) is 5.92 Å². The minimum atomic E-state index is 0.198. The molecule has 0 N–H and O–H groups in total. The van der Waals surface area contributed by atoms with Crippen molar-refractivity contribution >= 4 is 5.78 Å². The van der Waals surface area contributed by atoms with Crippen LogP contribution in [0.15, 0.2) is 30.3 Å². The highest BCUT2D eigenvalue weighted by Gasteiger charge is 2.45. The minimum Gasteiger partial charge on any atom is -0.298 e. The van der Waals surface area contributed by atoms with Crippen LogP contribution < -0.4 is 0 Å². The summed E-state index contributed by atoms with van der Waals surface area (Å²) >= 11 is 0. The summed E-state index contributed by atoms with van der Waals surface area (Å²) in [6.45, 7) is 3.23. The molecule has 2 aliphatic rings. The molecular formula is C15H19NO. The van der Waals surface area contributed by atoms with Crippen LogP contribution in [0.4, 0.5) is 0 Å². The van der Waals surface area contributed by atoms with Crippen LogP contribution in [-0.2, 0) is 11.3 Å². The van der Waals surface area contributed by atoms with Crippen molar-refractivity contribution in [3.05, 3.63) is 35.9 Å². The van der Waals surface area contributed by atoms with E-state index in [9.17, 15) is 4.79 Å². The number of carbonyl (C=O) groups is 1. The number of benzene rings is 1. The maximum Gasteiger partial charge on any atom is 0.150 e. The van der Waals surface area contributed by atoms with E-state index in [0.29, 0.717) is 17.7 Å². The first-order chi connectivity index (χ1) is 8.25. The van der Waals surface area contributed by atoms with Gasteiger partial charge in [-0.05, 0) is 24.3 Å². The molecule has 2 heteroatoms. The van der Waals surface area contributed by atoms with Crippen LogP contribution in [0.2, 0.25) is 0 Å². The lowest BCUT2D eigenvalue weighted by Gasteiger charge is -2.34. The zero-order valence-corrected chi connectivity index (χ0v) is 10.3. The zero-order chi connectivity index (χ0) is 11.8. The SMILES string of the molecule is C[C@@H]1C[C@@H]2C(=O)CC[C@H]1N2Cc1ccccc1. The van der Waals surface area contributed by atoms with E-state index in [1.165, 1.54) is 5.56 Å². The molecule has 0 radical (unpaired) electrons. The first-order valence-corrected chi connectivity index (χ1v) is 6.58. The molecule has 0 saturated carbocycles. The molecule has 3 rings (SSSR count). The number of ketones is 1. The van der Waals surface area contributed by atoms with E-state index in [0.717, 1.165) is 25.8 Å². The summed E-state index contributed by atoms with van der Waals surface area (Å²) in [5.74, 6) is 1.14. The van der Waals surface area contributed by atoms with Crippen molar-refractivity contribution < 1.29 is 4.79 Å². The molecule has 2 heterocycles. The molecule has 17 heavy (non-hydrogen) atoms. The molecule has 90 valence electrons. The predicted octanol–water partition coefficient (Wildman–Crippen LogP) is 2.63. The number of rotatable bonds is 2. The third-order valence-electron chi connectivity index (χ3n) is 4.34. The van der Waals surface area contributed by atoms with Crippen molar-refractivity contribution in [2.45, 2.75) is 44.8 Å². The van der Waals surface area contributed by atoms with Crippen molar-refractivity contribution in [2.75, 3.05) is 0 Å². The van der Waals surface area contributed by atoms with Gasteiger partial charge in [0.05, 0.1) is 6.04 Å². The summed E-state index contributed by atoms with van der Waals surface area (Å²) in [5, 5.41) is 0. The average Bonchev–Trinajstić information content (AvgIpc) is 2.56. The van der Waals surface area contributed by atoms with Crippen LogP contribution in [0.1, 0.15) is 31.7 Å². The summed E-state index contributed by atoms with van der Waals surface area (Å²) in [4.78, 5) is 14.4. The molecule has 0 aromatic heterocycles. The summed E-state index contributed by atoms with van der Waals surface area (Å²) < 4.78 is 0. The smallest absolute Gasteiger partial charge is 0.150 e. The highest BCUT2D eigenvalue weighted by Crippen LogP contribution is 2.38. The number of piperidine rings is 1. The van der Waals surface area contributed by atoms with Gasteiger partial charge in [0.15, 0.2) is 0 Å². The summed E-state index contributed by atoms with van der Waals surface area (Å²) in [6.07, 6.45) is 2.92. The minimum absolute atomic E-state index is 0.198. The Bertz CT molecular complexity index is 414. The van der Waals surface area contributed by atoms with E-state index < -0.39 is 0 Å². The van der Waals surface area contributed by atoms with Crippen molar-refractivity contribution in [3.8, 4) is 0 Å². The van der Waals surface area contributed by atoms with E-state index in [-0.39, 0.29) is 6.04 Å². The Balaban J connectivity index is 1.81. The summed E-state index contributed by atoms with van der Waals surface area (Å²) in [5.41, 5.74) is 1.33. The van der Waals surface area contributed by atoms with E-state index in [2.05, 4.69) is 36.1 Å². The number of carbonyl (C=O) groups excluding carboxylic acids is 1. The normalized spacial score (nSPS) is 33.0. The number of hydrogen-bond acceptors (Lipinski definition) is 2. The Morgan fingerprint density at radius 2 is 2.06 bits per heavy atom. The van der Waals surface area contributed by atoms with Crippen LogP contribution >= 0.6 is 0 Å². The van der Waals surface area contributed by atoms with Crippen LogP contribution in [0.5, 0.6) is 0 Å². The quantitative estimate of drug-likeness (QED) is 0.777. The molecule has 0 amide bonds. The van der Waals surface area contributed by atoms with Gasteiger partial charge in [-0.1, -0.05) is 37.3 Å². The number of nitrogens with zero attached hydrogens (tertiary/aromatic N) is 1. The monoisotopic (exact) mass is 229 g/mol. The molecule has 2 aliphatic heterocycles. The fraction of sp³-hybridized carbons (Fsp3) is 0.533.